The highest BCUT2D eigenvalue weighted by molar-refractivity contribution is 6.21. The van der Waals surface area contributed by atoms with Crippen molar-refractivity contribution in [3.8, 4) is 0 Å². The Hall–Kier alpha value is -3.49. The van der Waals surface area contributed by atoms with Crippen LogP contribution in [0.2, 0.25) is 0 Å². The highest BCUT2D eigenvalue weighted by atomic mass is 19.4. The summed E-state index contributed by atoms with van der Waals surface area (Å²) in [6, 6.07) is 11.5. The number of ketones is 1. The lowest BCUT2D eigenvalue weighted by Gasteiger charge is -2.35. The number of benzene rings is 2. The molecule has 9 heteroatoms. The quantitative estimate of drug-likeness (QED) is 0.684. The first-order valence-electron chi connectivity index (χ1n) is 10.2. The fourth-order valence-corrected chi connectivity index (χ4v) is 4.45. The molecule has 0 radical (unpaired) electrons. The van der Waals surface area contributed by atoms with Crippen molar-refractivity contribution in [2.75, 3.05) is 4.90 Å². The molecule has 0 fully saturated rings. The van der Waals surface area contributed by atoms with E-state index in [2.05, 4.69) is 0 Å². The number of allylic oxidation sites excluding steroid dienone is 1. The average molecular weight is 460 g/mol. The second kappa shape index (κ2) is 7.54. The van der Waals surface area contributed by atoms with Crippen molar-refractivity contribution in [3.63, 3.8) is 0 Å². The summed E-state index contributed by atoms with van der Waals surface area (Å²) in [5, 5.41) is 1.86. The van der Waals surface area contributed by atoms with Crippen LogP contribution in [0.25, 0.3) is 0 Å². The number of nitrogens with zero attached hydrogens (tertiary/aromatic N) is 1. The summed E-state index contributed by atoms with van der Waals surface area (Å²) in [6.45, 7) is 3.41. The predicted molar refractivity (Wildman–Crippen MR) is 112 cm³/mol. The number of rotatable bonds is 3. The molecule has 4 rings (SSSR count). The first kappa shape index (κ1) is 22.7. The molecule has 2 aromatic rings. The molecule has 2 aromatic carbocycles. The van der Waals surface area contributed by atoms with Crippen molar-refractivity contribution in [3.05, 3.63) is 77.2 Å². The van der Waals surface area contributed by atoms with Crippen LogP contribution in [0.15, 0.2) is 65.9 Å². The molecular weight excluding hydrogens is 440 g/mol. The number of Topliss-reactive ketones (excluding diaryl/α,β-unsaturated/α-hetero) is 1. The summed E-state index contributed by atoms with van der Waals surface area (Å²) in [7, 11) is 0. The molecule has 0 saturated carbocycles. The van der Waals surface area contributed by atoms with Gasteiger partial charge >= 0.3 is 6.18 Å². The van der Waals surface area contributed by atoms with Crippen molar-refractivity contribution >= 4 is 23.3 Å². The first-order chi connectivity index (χ1) is 15.4. The fraction of sp³-hybridized carbons (Fsp3) is 0.292. The zero-order valence-corrected chi connectivity index (χ0v) is 17.8. The zero-order valence-electron chi connectivity index (χ0n) is 17.8. The fourth-order valence-electron chi connectivity index (χ4n) is 4.45. The second-order valence-corrected chi connectivity index (χ2v) is 8.95. The number of nitrogens with one attached hydrogen (secondary N) is 1. The number of amides is 2. The van der Waals surface area contributed by atoms with Crippen molar-refractivity contribution in [1.82, 2.24) is 5.32 Å². The Kier molecular flexibility index (Phi) is 5.18. The number of halogens is 4. The van der Waals surface area contributed by atoms with E-state index in [1.807, 2.05) is 5.32 Å². The van der Waals surface area contributed by atoms with Gasteiger partial charge < -0.3 is 5.32 Å². The summed E-state index contributed by atoms with van der Waals surface area (Å²) < 4.78 is 57.7. The average Bonchev–Trinajstić information content (AvgIpc) is 2.97. The van der Waals surface area contributed by atoms with Crippen LogP contribution in [0.1, 0.15) is 37.0 Å². The molecule has 0 saturated heterocycles. The summed E-state index contributed by atoms with van der Waals surface area (Å²) in [4.78, 5) is 40.3. The number of carbonyl (C=O) groups is 3. The third-order valence-corrected chi connectivity index (χ3v) is 5.87. The van der Waals surface area contributed by atoms with Gasteiger partial charge in [-0.1, -0.05) is 32.0 Å². The van der Waals surface area contributed by atoms with Crippen LogP contribution in [0, 0.1) is 11.2 Å². The Bertz CT molecular complexity index is 1170. The predicted octanol–water partition coefficient (Wildman–Crippen LogP) is 4.55. The second-order valence-electron chi connectivity index (χ2n) is 8.95. The van der Waals surface area contributed by atoms with Gasteiger partial charge in [0.05, 0.1) is 5.57 Å². The van der Waals surface area contributed by atoms with Gasteiger partial charge in [-0.25, -0.2) is 4.39 Å². The van der Waals surface area contributed by atoms with Crippen LogP contribution in [0.3, 0.4) is 0 Å². The molecule has 0 unspecified atom stereocenters. The monoisotopic (exact) mass is 460 g/mol. The van der Waals surface area contributed by atoms with Gasteiger partial charge in [-0.05, 0) is 48.2 Å². The topological polar surface area (TPSA) is 66.5 Å². The number of alkyl halides is 3. The molecule has 33 heavy (non-hydrogen) atoms. The van der Waals surface area contributed by atoms with Gasteiger partial charge in [0.15, 0.2) is 5.78 Å². The van der Waals surface area contributed by atoms with E-state index in [4.69, 9.17) is 0 Å². The molecular formula is C24H20F4N2O3. The summed E-state index contributed by atoms with van der Waals surface area (Å²) in [5.74, 6) is -4.18. The highest BCUT2D eigenvalue weighted by Crippen LogP contribution is 2.52. The Morgan fingerprint density at radius 2 is 1.58 bits per heavy atom. The van der Waals surface area contributed by atoms with E-state index in [1.165, 1.54) is 24.3 Å². The lowest BCUT2D eigenvalue weighted by Crippen LogP contribution is -2.66. The number of carbonyl (C=O) groups excluding carboxylic acids is 3. The Morgan fingerprint density at radius 3 is 2.15 bits per heavy atom. The zero-order chi connectivity index (χ0) is 24.2. The van der Waals surface area contributed by atoms with Crippen LogP contribution in [0.4, 0.5) is 23.2 Å². The molecule has 1 atom stereocenters. The number of hydrogen-bond donors (Lipinski definition) is 1. The van der Waals surface area contributed by atoms with Crippen LogP contribution >= 0.6 is 0 Å². The lowest BCUT2D eigenvalue weighted by molar-refractivity contribution is -0.186. The Labute approximate surface area is 187 Å². The van der Waals surface area contributed by atoms with Gasteiger partial charge in [-0.2, -0.15) is 13.2 Å². The van der Waals surface area contributed by atoms with E-state index < -0.39 is 46.1 Å². The minimum Gasteiger partial charge on any atom is -0.326 e. The van der Waals surface area contributed by atoms with Gasteiger partial charge in [-0.3, -0.25) is 19.3 Å². The van der Waals surface area contributed by atoms with Crippen molar-refractivity contribution < 1.29 is 31.9 Å². The minimum atomic E-state index is -5.32. The molecule has 0 aromatic heterocycles. The summed E-state index contributed by atoms with van der Waals surface area (Å²) in [6.07, 6.45) is -5.56. The van der Waals surface area contributed by atoms with Crippen molar-refractivity contribution in [2.45, 2.75) is 38.4 Å². The number of hydrogen-bond acceptors (Lipinski definition) is 3. The third kappa shape index (κ3) is 3.61. The third-order valence-electron chi connectivity index (χ3n) is 5.87. The molecule has 0 spiro atoms. The van der Waals surface area contributed by atoms with Gasteiger partial charge in [0.25, 0.3) is 11.8 Å². The molecule has 1 aliphatic carbocycles. The van der Waals surface area contributed by atoms with E-state index in [-0.39, 0.29) is 29.8 Å². The molecule has 1 aliphatic heterocycles. The Balaban J connectivity index is 1.94. The van der Waals surface area contributed by atoms with Crippen LogP contribution in [-0.4, -0.2) is 29.3 Å². The summed E-state index contributed by atoms with van der Waals surface area (Å²) in [5.41, 5.74) is -5.33. The van der Waals surface area contributed by atoms with E-state index in [0.717, 1.165) is 29.2 Å². The van der Waals surface area contributed by atoms with Gasteiger partial charge in [0.1, 0.15) is 5.82 Å². The first-order valence-corrected chi connectivity index (χ1v) is 10.2. The molecule has 172 valence electrons. The molecule has 2 amide bonds. The maximum atomic E-state index is 14.7. The van der Waals surface area contributed by atoms with E-state index in [9.17, 15) is 31.9 Å². The van der Waals surface area contributed by atoms with Crippen LogP contribution in [0.5, 0.6) is 0 Å². The standard InChI is InChI=1S/C24H20F4N2O3/c1-22(2)12-17-19(18(31)13-22)23(24(26,27)28,29-20(32)14-6-4-3-5-7-14)21(33)30(17)16-10-8-15(25)9-11-16/h3-11H,12-13H2,1-2H3,(H,29,32)/t23-/m1/s1. The molecule has 1 N–H and O–H groups in total. The minimum absolute atomic E-state index is 0.0176. The van der Waals surface area contributed by atoms with Gasteiger partial charge in [-0.15, -0.1) is 0 Å². The Morgan fingerprint density at radius 1 is 0.970 bits per heavy atom. The van der Waals surface area contributed by atoms with E-state index in [0.29, 0.717) is 0 Å². The van der Waals surface area contributed by atoms with Gasteiger partial charge in [0, 0.05) is 23.4 Å². The van der Waals surface area contributed by atoms with E-state index in [1.54, 1.807) is 19.9 Å². The SMILES string of the molecule is CC1(C)CC(=O)C2=C(C1)N(c1ccc(F)cc1)C(=O)[C@@]2(NC(=O)c1ccccc1)C(F)(F)F. The van der Waals surface area contributed by atoms with Crippen molar-refractivity contribution in [2.24, 2.45) is 5.41 Å². The molecule has 1 heterocycles. The lowest BCUT2D eigenvalue weighted by atomic mass is 9.72. The normalized spacial score (nSPS) is 22.4. The molecule has 0 bridgehead atoms. The van der Waals surface area contributed by atoms with Crippen LogP contribution in [-0.2, 0) is 9.59 Å². The molecule has 2 aliphatic rings. The van der Waals surface area contributed by atoms with Crippen LogP contribution < -0.4 is 10.2 Å². The van der Waals surface area contributed by atoms with Gasteiger partial charge in [0.2, 0.25) is 5.54 Å². The summed E-state index contributed by atoms with van der Waals surface area (Å²) >= 11 is 0. The maximum Gasteiger partial charge on any atom is 0.425 e. The largest absolute Gasteiger partial charge is 0.425 e. The molecule has 5 nitrogen and oxygen atoms in total. The highest BCUT2D eigenvalue weighted by Gasteiger charge is 2.72. The van der Waals surface area contributed by atoms with E-state index >= 15 is 0 Å². The van der Waals surface area contributed by atoms with Crippen molar-refractivity contribution in [1.29, 1.82) is 0 Å². The number of anilines is 1. The smallest absolute Gasteiger partial charge is 0.326 e. The maximum absolute atomic E-state index is 14.7.